The molecule has 0 aromatic heterocycles. The van der Waals surface area contributed by atoms with E-state index in [2.05, 4.69) is 15.5 Å². The lowest BCUT2D eigenvalue weighted by Crippen LogP contribution is -2.53. The molecule has 136 valence electrons. The first-order valence-electron chi connectivity index (χ1n) is 8.94. The first-order valence-corrected chi connectivity index (χ1v) is 9.32. The van der Waals surface area contributed by atoms with E-state index in [4.69, 9.17) is 11.6 Å². The van der Waals surface area contributed by atoms with Crippen LogP contribution in [-0.2, 0) is 4.79 Å². The van der Waals surface area contributed by atoms with Crippen molar-refractivity contribution < 1.29 is 9.59 Å². The van der Waals surface area contributed by atoms with Crippen molar-refractivity contribution >= 4 is 29.2 Å². The molecule has 1 aromatic rings. The number of anilines is 1. The molecule has 1 saturated heterocycles. The van der Waals surface area contributed by atoms with E-state index in [0.29, 0.717) is 13.1 Å². The molecule has 2 N–H and O–H groups in total. The van der Waals surface area contributed by atoms with E-state index in [9.17, 15) is 9.59 Å². The minimum absolute atomic E-state index is 0.0483. The fraction of sp³-hybridized carbons (Fsp3) is 0.556. The Kier molecular flexibility index (Phi) is 6.02. The van der Waals surface area contributed by atoms with Crippen molar-refractivity contribution in [3.8, 4) is 0 Å². The lowest BCUT2D eigenvalue weighted by molar-refractivity contribution is -0.120. The highest BCUT2D eigenvalue weighted by Gasteiger charge is 2.22. The largest absolute Gasteiger partial charge is 0.368 e. The van der Waals surface area contributed by atoms with Crippen molar-refractivity contribution in [1.29, 1.82) is 0 Å². The van der Waals surface area contributed by atoms with E-state index in [1.54, 1.807) is 4.90 Å². The standard InChI is InChI=1S/C18H25ClN4O2/c19-14-5-7-16(8-6-14)22-9-11-23(12-10-22)18(25)20-13-17(24)21-15-3-1-2-4-15/h5-8,15H,1-4,9-13H2,(H,20,25)(H,21,24). The summed E-state index contributed by atoms with van der Waals surface area (Å²) in [7, 11) is 0. The van der Waals surface area contributed by atoms with Crippen LogP contribution in [0.3, 0.4) is 0 Å². The average Bonchev–Trinajstić information content (AvgIpc) is 3.13. The molecule has 0 unspecified atom stereocenters. The van der Waals surface area contributed by atoms with Crippen LogP contribution < -0.4 is 15.5 Å². The number of hydrogen-bond donors (Lipinski definition) is 2. The van der Waals surface area contributed by atoms with Gasteiger partial charge in [0.15, 0.2) is 0 Å². The van der Waals surface area contributed by atoms with Gasteiger partial charge in [0, 0.05) is 42.9 Å². The molecule has 3 rings (SSSR count). The van der Waals surface area contributed by atoms with Gasteiger partial charge in [0.25, 0.3) is 0 Å². The second kappa shape index (κ2) is 8.43. The molecule has 7 heteroatoms. The van der Waals surface area contributed by atoms with Crippen LogP contribution in [0.5, 0.6) is 0 Å². The molecule has 0 bridgehead atoms. The molecule has 0 spiro atoms. The Balaban J connectivity index is 1.39. The highest BCUT2D eigenvalue weighted by atomic mass is 35.5. The number of nitrogens with zero attached hydrogens (tertiary/aromatic N) is 2. The van der Waals surface area contributed by atoms with E-state index in [1.165, 1.54) is 12.8 Å². The Morgan fingerprint density at radius 1 is 1.04 bits per heavy atom. The normalized spacial score (nSPS) is 18.3. The highest BCUT2D eigenvalue weighted by molar-refractivity contribution is 6.30. The van der Waals surface area contributed by atoms with E-state index in [0.717, 1.165) is 36.6 Å². The summed E-state index contributed by atoms with van der Waals surface area (Å²) >= 11 is 5.92. The van der Waals surface area contributed by atoms with Crippen LogP contribution in [0.1, 0.15) is 25.7 Å². The number of urea groups is 1. The summed E-state index contributed by atoms with van der Waals surface area (Å²) in [5.74, 6) is -0.0972. The van der Waals surface area contributed by atoms with Gasteiger partial charge in [-0.2, -0.15) is 0 Å². The highest BCUT2D eigenvalue weighted by Crippen LogP contribution is 2.19. The van der Waals surface area contributed by atoms with Crippen molar-refractivity contribution in [2.45, 2.75) is 31.7 Å². The molecule has 25 heavy (non-hydrogen) atoms. The van der Waals surface area contributed by atoms with Crippen LogP contribution in [0.2, 0.25) is 5.02 Å². The first-order chi connectivity index (χ1) is 12.1. The molecule has 2 aliphatic rings. The number of halogens is 1. The third-order valence-corrected chi connectivity index (χ3v) is 5.13. The fourth-order valence-corrected chi connectivity index (χ4v) is 3.56. The number of hydrogen-bond acceptors (Lipinski definition) is 3. The molecule has 1 heterocycles. The number of carbonyl (C=O) groups excluding carboxylic acids is 2. The van der Waals surface area contributed by atoms with E-state index >= 15 is 0 Å². The van der Waals surface area contributed by atoms with Gasteiger partial charge in [0.2, 0.25) is 5.91 Å². The van der Waals surface area contributed by atoms with Crippen LogP contribution in [0.15, 0.2) is 24.3 Å². The summed E-state index contributed by atoms with van der Waals surface area (Å²) in [6.07, 6.45) is 4.45. The summed E-state index contributed by atoms with van der Waals surface area (Å²) in [6.45, 7) is 2.86. The lowest BCUT2D eigenvalue weighted by atomic mass is 10.2. The predicted molar refractivity (Wildman–Crippen MR) is 99.0 cm³/mol. The maximum absolute atomic E-state index is 12.2. The number of rotatable bonds is 4. The van der Waals surface area contributed by atoms with Crippen molar-refractivity contribution in [2.24, 2.45) is 0 Å². The number of carbonyl (C=O) groups is 2. The second-order valence-corrected chi connectivity index (χ2v) is 7.09. The van der Waals surface area contributed by atoms with Gasteiger partial charge in [-0.15, -0.1) is 0 Å². The van der Waals surface area contributed by atoms with Crippen molar-refractivity contribution in [3.63, 3.8) is 0 Å². The molecular weight excluding hydrogens is 340 g/mol. The third-order valence-electron chi connectivity index (χ3n) is 4.88. The Hall–Kier alpha value is -1.95. The average molecular weight is 365 g/mol. The Bertz CT molecular complexity index is 594. The maximum Gasteiger partial charge on any atom is 0.317 e. The van der Waals surface area contributed by atoms with Crippen LogP contribution in [-0.4, -0.2) is 55.6 Å². The molecule has 3 amide bonds. The van der Waals surface area contributed by atoms with Gasteiger partial charge >= 0.3 is 6.03 Å². The topological polar surface area (TPSA) is 64.7 Å². The number of benzene rings is 1. The molecule has 1 aliphatic heterocycles. The zero-order valence-electron chi connectivity index (χ0n) is 14.3. The number of nitrogens with one attached hydrogen (secondary N) is 2. The second-order valence-electron chi connectivity index (χ2n) is 6.66. The SMILES string of the molecule is O=C(CNC(=O)N1CCN(c2ccc(Cl)cc2)CC1)NC1CCCC1. The summed E-state index contributed by atoms with van der Waals surface area (Å²) < 4.78 is 0. The Morgan fingerprint density at radius 3 is 2.32 bits per heavy atom. The van der Waals surface area contributed by atoms with Gasteiger partial charge in [-0.05, 0) is 37.1 Å². The number of piperazine rings is 1. The predicted octanol–water partition coefficient (Wildman–Crippen LogP) is 2.23. The Labute approximate surface area is 153 Å². The molecule has 0 radical (unpaired) electrons. The molecule has 6 nitrogen and oxygen atoms in total. The van der Waals surface area contributed by atoms with Gasteiger partial charge in [-0.3, -0.25) is 4.79 Å². The molecule has 1 aliphatic carbocycles. The molecule has 1 aromatic carbocycles. The van der Waals surface area contributed by atoms with Crippen LogP contribution in [0, 0.1) is 0 Å². The van der Waals surface area contributed by atoms with Crippen molar-refractivity contribution in [2.75, 3.05) is 37.6 Å². The quantitative estimate of drug-likeness (QED) is 0.861. The minimum Gasteiger partial charge on any atom is -0.368 e. The molecule has 0 atom stereocenters. The van der Waals surface area contributed by atoms with E-state index < -0.39 is 0 Å². The summed E-state index contributed by atoms with van der Waals surface area (Å²) in [5.41, 5.74) is 1.11. The summed E-state index contributed by atoms with van der Waals surface area (Å²) in [6, 6.07) is 7.85. The molecule has 2 fully saturated rings. The van der Waals surface area contributed by atoms with Crippen LogP contribution >= 0.6 is 11.6 Å². The minimum atomic E-state index is -0.169. The molecule has 1 saturated carbocycles. The van der Waals surface area contributed by atoms with Gasteiger partial charge in [-0.1, -0.05) is 24.4 Å². The lowest BCUT2D eigenvalue weighted by Gasteiger charge is -2.36. The zero-order valence-corrected chi connectivity index (χ0v) is 15.1. The maximum atomic E-state index is 12.2. The summed E-state index contributed by atoms with van der Waals surface area (Å²) in [4.78, 5) is 28.1. The number of amides is 3. The summed E-state index contributed by atoms with van der Waals surface area (Å²) in [5, 5.41) is 6.43. The monoisotopic (exact) mass is 364 g/mol. The van der Waals surface area contributed by atoms with E-state index in [-0.39, 0.29) is 24.5 Å². The first kappa shape index (κ1) is 17.9. The van der Waals surface area contributed by atoms with E-state index in [1.807, 2.05) is 24.3 Å². The third kappa shape index (κ3) is 5.01. The zero-order chi connectivity index (χ0) is 17.6. The van der Waals surface area contributed by atoms with Crippen LogP contribution in [0.25, 0.3) is 0 Å². The van der Waals surface area contributed by atoms with Crippen LogP contribution in [0.4, 0.5) is 10.5 Å². The smallest absolute Gasteiger partial charge is 0.317 e. The molecular formula is C18H25ClN4O2. The Morgan fingerprint density at radius 2 is 1.68 bits per heavy atom. The van der Waals surface area contributed by atoms with Gasteiger partial charge < -0.3 is 20.4 Å². The van der Waals surface area contributed by atoms with Gasteiger partial charge in [0.05, 0.1) is 6.54 Å². The van der Waals surface area contributed by atoms with Gasteiger partial charge in [-0.25, -0.2) is 4.79 Å². The van der Waals surface area contributed by atoms with Crippen molar-refractivity contribution in [3.05, 3.63) is 29.3 Å². The van der Waals surface area contributed by atoms with Gasteiger partial charge in [0.1, 0.15) is 0 Å². The fourth-order valence-electron chi connectivity index (χ4n) is 3.44. The van der Waals surface area contributed by atoms with Crippen molar-refractivity contribution in [1.82, 2.24) is 15.5 Å².